The molecule has 3 rings (SSSR count). The van der Waals surface area contributed by atoms with Crippen molar-refractivity contribution < 1.29 is 40.1 Å². The molecule has 11 nitrogen and oxygen atoms in total. The van der Waals surface area contributed by atoms with Crippen LogP contribution in [0.1, 0.15) is 11.8 Å². The smallest absolute Gasteiger partial charge is 0.187 e. The van der Waals surface area contributed by atoms with Gasteiger partial charge in [0, 0.05) is 0 Å². The van der Waals surface area contributed by atoms with E-state index in [0.717, 1.165) is 0 Å². The Kier molecular flexibility index (Phi) is 6.69. The van der Waals surface area contributed by atoms with Crippen LogP contribution in [-0.4, -0.2) is 95.7 Å². The standard InChI is InChI=1S/C17H23N3O8/c21-7-11(23)16(10-6-18-20(19-10)9-4-2-1-3-5-9)28-17-15(26)14(25)13(24)12(8-22)27-17/h1-6,11-17,21-26H,7-8H2/t11-,12-,13+,14+,15-,16+,17+/m1/s1. The number of ether oxygens (including phenoxy) is 2. The second-order valence-electron chi connectivity index (χ2n) is 6.40. The normalized spacial score (nSPS) is 30.1. The minimum absolute atomic E-state index is 0.141. The molecule has 1 fully saturated rings. The van der Waals surface area contributed by atoms with Crippen molar-refractivity contribution in [3.05, 3.63) is 42.2 Å². The second-order valence-corrected chi connectivity index (χ2v) is 6.40. The summed E-state index contributed by atoms with van der Waals surface area (Å²) in [5, 5.41) is 67.0. The number of para-hydroxylation sites is 1. The summed E-state index contributed by atoms with van der Waals surface area (Å²) < 4.78 is 10.9. The van der Waals surface area contributed by atoms with Crippen LogP contribution < -0.4 is 0 Å². The molecule has 2 aromatic rings. The van der Waals surface area contributed by atoms with E-state index in [1.807, 2.05) is 6.07 Å². The van der Waals surface area contributed by atoms with Crippen molar-refractivity contribution in [2.24, 2.45) is 0 Å². The molecule has 0 amide bonds. The quantitative estimate of drug-likeness (QED) is 0.293. The Morgan fingerprint density at radius 2 is 1.79 bits per heavy atom. The van der Waals surface area contributed by atoms with E-state index < -0.39 is 56.1 Å². The van der Waals surface area contributed by atoms with Gasteiger partial charge in [-0.25, -0.2) is 0 Å². The van der Waals surface area contributed by atoms with E-state index in [9.17, 15) is 30.6 Å². The summed E-state index contributed by atoms with van der Waals surface area (Å²) in [6.07, 6.45) is -8.88. The van der Waals surface area contributed by atoms with E-state index in [2.05, 4.69) is 10.2 Å². The van der Waals surface area contributed by atoms with Crippen LogP contribution >= 0.6 is 0 Å². The Hall–Kier alpha value is -1.96. The summed E-state index contributed by atoms with van der Waals surface area (Å²) in [6.45, 7) is -1.30. The molecule has 0 saturated carbocycles. The highest BCUT2D eigenvalue weighted by Crippen LogP contribution is 2.28. The molecule has 0 aliphatic carbocycles. The van der Waals surface area contributed by atoms with Gasteiger partial charge in [0.25, 0.3) is 0 Å². The van der Waals surface area contributed by atoms with Crippen molar-refractivity contribution in [2.45, 2.75) is 42.9 Å². The number of hydrogen-bond acceptors (Lipinski definition) is 10. The summed E-state index contributed by atoms with van der Waals surface area (Å²) in [5.74, 6) is 0. The fourth-order valence-corrected chi connectivity index (χ4v) is 2.87. The number of rotatable bonds is 7. The first-order valence-electron chi connectivity index (χ1n) is 8.68. The first-order chi connectivity index (χ1) is 13.5. The monoisotopic (exact) mass is 397 g/mol. The minimum Gasteiger partial charge on any atom is -0.394 e. The topological polar surface area (TPSA) is 171 Å². The largest absolute Gasteiger partial charge is 0.394 e. The zero-order chi connectivity index (χ0) is 20.3. The van der Waals surface area contributed by atoms with Crippen molar-refractivity contribution >= 4 is 0 Å². The van der Waals surface area contributed by atoms with Gasteiger partial charge in [-0.2, -0.15) is 15.0 Å². The Morgan fingerprint density at radius 3 is 2.43 bits per heavy atom. The fraction of sp³-hybridized carbons (Fsp3) is 0.529. The van der Waals surface area contributed by atoms with Crippen molar-refractivity contribution in [3.63, 3.8) is 0 Å². The van der Waals surface area contributed by atoms with Gasteiger partial charge in [0.05, 0.1) is 25.1 Å². The van der Waals surface area contributed by atoms with Crippen molar-refractivity contribution in [2.75, 3.05) is 13.2 Å². The van der Waals surface area contributed by atoms with E-state index in [0.29, 0.717) is 5.69 Å². The predicted octanol–water partition coefficient (Wildman–Crippen LogP) is -2.52. The van der Waals surface area contributed by atoms with E-state index in [1.54, 1.807) is 24.3 Å². The summed E-state index contributed by atoms with van der Waals surface area (Å²) >= 11 is 0. The zero-order valence-electron chi connectivity index (χ0n) is 14.8. The fourth-order valence-electron chi connectivity index (χ4n) is 2.87. The molecule has 0 spiro atoms. The van der Waals surface area contributed by atoms with E-state index in [-0.39, 0.29) is 5.69 Å². The van der Waals surface area contributed by atoms with Gasteiger partial charge < -0.3 is 40.1 Å². The van der Waals surface area contributed by atoms with Crippen molar-refractivity contribution in [1.29, 1.82) is 0 Å². The van der Waals surface area contributed by atoms with Gasteiger partial charge in [-0.3, -0.25) is 0 Å². The maximum atomic E-state index is 10.2. The number of aliphatic hydroxyl groups is 6. The maximum Gasteiger partial charge on any atom is 0.187 e. The molecule has 154 valence electrons. The highest BCUT2D eigenvalue weighted by atomic mass is 16.7. The summed E-state index contributed by atoms with van der Waals surface area (Å²) in [7, 11) is 0. The number of nitrogens with zero attached hydrogens (tertiary/aromatic N) is 3. The third-order valence-corrected chi connectivity index (χ3v) is 4.45. The molecule has 1 aromatic heterocycles. The molecule has 7 atom stereocenters. The number of benzene rings is 1. The first-order valence-corrected chi connectivity index (χ1v) is 8.68. The lowest BCUT2D eigenvalue weighted by molar-refractivity contribution is -0.319. The molecule has 0 radical (unpaired) electrons. The van der Waals surface area contributed by atoms with Gasteiger partial charge in [-0.05, 0) is 12.1 Å². The summed E-state index contributed by atoms with van der Waals surface area (Å²) in [6, 6.07) is 8.94. The number of aromatic nitrogens is 3. The second kappa shape index (κ2) is 9.03. The van der Waals surface area contributed by atoms with Gasteiger partial charge in [0.1, 0.15) is 42.3 Å². The molecule has 0 bridgehead atoms. The zero-order valence-corrected chi connectivity index (χ0v) is 14.8. The molecule has 1 aliphatic heterocycles. The Morgan fingerprint density at radius 1 is 1.07 bits per heavy atom. The predicted molar refractivity (Wildman–Crippen MR) is 92.0 cm³/mol. The molecular weight excluding hydrogens is 374 g/mol. The molecule has 11 heteroatoms. The van der Waals surface area contributed by atoms with Gasteiger partial charge in [0.2, 0.25) is 0 Å². The Balaban J connectivity index is 1.82. The van der Waals surface area contributed by atoms with Crippen molar-refractivity contribution in [1.82, 2.24) is 15.0 Å². The molecule has 1 aliphatic rings. The van der Waals surface area contributed by atoms with Crippen LogP contribution in [0.15, 0.2) is 36.5 Å². The van der Waals surface area contributed by atoms with Crippen LogP contribution in [0.4, 0.5) is 0 Å². The number of hydrogen-bond donors (Lipinski definition) is 6. The molecule has 1 aromatic carbocycles. The molecule has 28 heavy (non-hydrogen) atoms. The van der Waals surface area contributed by atoms with Gasteiger partial charge >= 0.3 is 0 Å². The third kappa shape index (κ3) is 4.21. The average Bonchev–Trinajstić information content (AvgIpc) is 3.21. The van der Waals surface area contributed by atoms with Gasteiger partial charge in [0.15, 0.2) is 6.29 Å². The van der Waals surface area contributed by atoms with Gasteiger partial charge in [-0.1, -0.05) is 18.2 Å². The minimum atomic E-state index is -1.66. The van der Waals surface area contributed by atoms with Crippen LogP contribution in [-0.2, 0) is 9.47 Å². The van der Waals surface area contributed by atoms with E-state index >= 15 is 0 Å². The maximum absolute atomic E-state index is 10.2. The van der Waals surface area contributed by atoms with Crippen LogP contribution in [0.3, 0.4) is 0 Å². The highest BCUT2D eigenvalue weighted by Gasteiger charge is 2.45. The highest BCUT2D eigenvalue weighted by molar-refractivity contribution is 5.28. The molecule has 6 N–H and O–H groups in total. The lowest BCUT2D eigenvalue weighted by atomic mass is 9.99. The lowest BCUT2D eigenvalue weighted by Gasteiger charge is -2.41. The summed E-state index contributed by atoms with van der Waals surface area (Å²) in [4.78, 5) is 1.29. The van der Waals surface area contributed by atoms with Crippen LogP contribution in [0.5, 0.6) is 0 Å². The lowest BCUT2D eigenvalue weighted by Crippen LogP contribution is -2.59. The molecular formula is C17H23N3O8. The van der Waals surface area contributed by atoms with Crippen molar-refractivity contribution in [3.8, 4) is 5.69 Å². The van der Waals surface area contributed by atoms with E-state index in [4.69, 9.17) is 9.47 Å². The van der Waals surface area contributed by atoms with Gasteiger partial charge in [-0.15, -0.1) is 0 Å². The average molecular weight is 397 g/mol. The molecule has 2 heterocycles. The SMILES string of the molecule is OC[C@@H](O)[C@@H](O[C@@H]1O[C@H](CO)[C@H](O)[C@H](O)[C@H]1O)c1cnn(-c2ccccc2)n1. The first kappa shape index (κ1) is 20.8. The Labute approximate surface area is 160 Å². The van der Waals surface area contributed by atoms with Crippen LogP contribution in [0.2, 0.25) is 0 Å². The number of aliphatic hydroxyl groups excluding tert-OH is 6. The van der Waals surface area contributed by atoms with Crippen LogP contribution in [0.25, 0.3) is 5.69 Å². The molecule has 1 saturated heterocycles. The van der Waals surface area contributed by atoms with E-state index in [1.165, 1.54) is 11.0 Å². The molecule has 0 unspecified atom stereocenters. The third-order valence-electron chi connectivity index (χ3n) is 4.45. The summed E-state index contributed by atoms with van der Waals surface area (Å²) in [5.41, 5.74) is 0.793. The van der Waals surface area contributed by atoms with Crippen LogP contribution in [0, 0.1) is 0 Å². The Bertz CT molecular complexity index is 743.